The van der Waals surface area contributed by atoms with Gasteiger partial charge in [-0.1, -0.05) is 44.7 Å². The van der Waals surface area contributed by atoms with Crippen LogP contribution in [0.4, 0.5) is 13.2 Å². The highest BCUT2D eigenvalue weighted by molar-refractivity contribution is 5.84. The van der Waals surface area contributed by atoms with Crippen molar-refractivity contribution in [3.8, 4) is 0 Å². The lowest BCUT2D eigenvalue weighted by Crippen LogP contribution is -2.41. The molecule has 0 aliphatic rings. The molecule has 0 saturated heterocycles. The minimum Gasteiger partial charge on any atom is -0.480 e. The minimum absolute atomic E-state index is 0.156. The maximum absolute atomic E-state index is 12.5. The van der Waals surface area contributed by atoms with Gasteiger partial charge in [0.1, 0.15) is 6.04 Å². The van der Waals surface area contributed by atoms with Crippen LogP contribution in [0.2, 0.25) is 0 Å². The Labute approximate surface area is 139 Å². The van der Waals surface area contributed by atoms with Crippen LogP contribution in [0, 0.1) is 0 Å². The molecule has 4 nitrogen and oxygen atoms in total. The fourth-order valence-electron chi connectivity index (χ4n) is 2.27. The lowest BCUT2D eigenvalue weighted by molar-refractivity contribution is -0.142. The molecule has 0 saturated carbocycles. The van der Waals surface area contributed by atoms with Gasteiger partial charge in [-0.05, 0) is 24.1 Å². The molecule has 0 aliphatic heterocycles. The van der Waals surface area contributed by atoms with E-state index in [1.54, 1.807) is 0 Å². The van der Waals surface area contributed by atoms with Crippen molar-refractivity contribution in [1.82, 2.24) is 5.32 Å². The maximum Gasteiger partial charge on any atom is 0.416 e. The van der Waals surface area contributed by atoms with Gasteiger partial charge in [-0.3, -0.25) is 4.79 Å². The normalized spacial score (nSPS) is 12.7. The number of halogens is 3. The van der Waals surface area contributed by atoms with Gasteiger partial charge in [0.25, 0.3) is 0 Å². The van der Waals surface area contributed by atoms with E-state index in [9.17, 15) is 22.8 Å². The highest BCUT2D eigenvalue weighted by Gasteiger charge is 2.30. The SMILES string of the molecule is CCCCCC[C@H](NC(=O)Cc1ccc(C(F)(F)F)cc1)C(=O)O. The van der Waals surface area contributed by atoms with E-state index in [0.717, 1.165) is 31.4 Å². The molecule has 134 valence electrons. The summed E-state index contributed by atoms with van der Waals surface area (Å²) in [4.78, 5) is 23.1. The predicted octanol–water partition coefficient (Wildman–Crippen LogP) is 3.79. The Morgan fingerprint density at radius 3 is 2.25 bits per heavy atom. The molecule has 1 atom stereocenters. The highest BCUT2D eigenvalue weighted by atomic mass is 19.4. The molecule has 0 radical (unpaired) electrons. The summed E-state index contributed by atoms with van der Waals surface area (Å²) in [6.45, 7) is 2.04. The Bertz CT molecular complexity index is 541. The number of hydrogen-bond acceptors (Lipinski definition) is 2. The number of aliphatic carboxylic acids is 1. The van der Waals surface area contributed by atoms with E-state index < -0.39 is 29.7 Å². The van der Waals surface area contributed by atoms with Crippen molar-refractivity contribution >= 4 is 11.9 Å². The highest BCUT2D eigenvalue weighted by Crippen LogP contribution is 2.29. The van der Waals surface area contributed by atoms with Crippen molar-refractivity contribution in [2.24, 2.45) is 0 Å². The van der Waals surface area contributed by atoms with Gasteiger partial charge in [0.05, 0.1) is 12.0 Å². The topological polar surface area (TPSA) is 66.4 Å². The first-order chi connectivity index (χ1) is 11.2. The zero-order valence-corrected chi connectivity index (χ0v) is 13.5. The van der Waals surface area contributed by atoms with Crippen molar-refractivity contribution in [2.75, 3.05) is 0 Å². The largest absolute Gasteiger partial charge is 0.480 e. The van der Waals surface area contributed by atoms with E-state index >= 15 is 0 Å². The molecule has 1 aromatic carbocycles. The van der Waals surface area contributed by atoms with Crippen LogP contribution < -0.4 is 5.32 Å². The van der Waals surface area contributed by atoms with Crippen molar-refractivity contribution in [3.05, 3.63) is 35.4 Å². The molecule has 0 aromatic heterocycles. The van der Waals surface area contributed by atoms with Crippen LogP contribution in [-0.4, -0.2) is 23.0 Å². The number of carbonyl (C=O) groups is 2. The van der Waals surface area contributed by atoms with E-state index in [1.807, 2.05) is 6.92 Å². The van der Waals surface area contributed by atoms with Crippen molar-refractivity contribution in [2.45, 2.75) is 57.7 Å². The lowest BCUT2D eigenvalue weighted by atomic mass is 10.1. The molecular weight excluding hydrogens is 323 g/mol. The quantitative estimate of drug-likeness (QED) is 0.669. The second-order valence-corrected chi connectivity index (χ2v) is 5.68. The molecule has 24 heavy (non-hydrogen) atoms. The monoisotopic (exact) mass is 345 g/mol. The van der Waals surface area contributed by atoms with E-state index in [-0.39, 0.29) is 6.42 Å². The summed E-state index contributed by atoms with van der Waals surface area (Å²) in [5.41, 5.74) is -0.387. The van der Waals surface area contributed by atoms with Crippen LogP contribution >= 0.6 is 0 Å². The number of nitrogens with one attached hydrogen (secondary N) is 1. The third-order valence-corrected chi connectivity index (χ3v) is 3.63. The summed E-state index contributed by atoms with van der Waals surface area (Å²) in [5, 5.41) is 11.6. The van der Waals surface area contributed by atoms with Crippen LogP contribution in [0.3, 0.4) is 0 Å². The van der Waals surface area contributed by atoms with Crippen LogP contribution in [0.1, 0.15) is 50.2 Å². The Balaban J connectivity index is 2.54. The third kappa shape index (κ3) is 7.02. The molecular formula is C17H22F3NO3. The number of rotatable bonds is 9. The molecule has 7 heteroatoms. The molecule has 0 unspecified atom stereocenters. The lowest BCUT2D eigenvalue weighted by Gasteiger charge is -2.14. The van der Waals surface area contributed by atoms with E-state index in [1.165, 1.54) is 12.1 Å². The number of carboxylic acids is 1. The molecule has 1 amide bonds. The fraction of sp³-hybridized carbons (Fsp3) is 0.529. The summed E-state index contributed by atoms with van der Waals surface area (Å²) >= 11 is 0. The summed E-state index contributed by atoms with van der Waals surface area (Å²) in [5.74, 6) is -1.62. The fourth-order valence-corrected chi connectivity index (χ4v) is 2.27. The van der Waals surface area contributed by atoms with Crippen LogP contribution in [0.5, 0.6) is 0 Å². The molecule has 2 N–H and O–H groups in total. The van der Waals surface area contributed by atoms with E-state index in [0.29, 0.717) is 18.4 Å². The van der Waals surface area contributed by atoms with Gasteiger partial charge < -0.3 is 10.4 Å². The Morgan fingerprint density at radius 2 is 1.75 bits per heavy atom. The molecule has 0 heterocycles. The summed E-state index contributed by atoms with van der Waals surface area (Å²) in [6, 6.07) is 3.28. The average Bonchev–Trinajstić information content (AvgIpc) is 2.49. The predicted molar refractivity (Wildman–Crippen MR) is 83.5 cm³/mol. The number of carboxylic acid groups (broad SMARTS) is 1. The maximum atomic E-state index is 12.5. The van der Waals surface area contributed by atoms with Crippen LogP contribution in [-0.2, 0) is 22.2 Å². The summed E-state index contributed by atoms with van der Waals surface area (Å²) in [6.07, 6.45) is -0.608. The number of alkyl halides is 3. The third-order valence-electron chi connectivity index (χ3n) is 3.63. The van der Waals surface area contributed by atoms with Crippen molar-refractivity contribution < 1.29 is 27.9 Å². The van der Waals surface area contributed by atoms with Gasteiger partial charge in [-0.25, -0.2) is 4.79 Å². The second kappa shape index (κ2) is 9.30. The van der Waals surface area contributed by atoms with Gasteiger partial charge in [-0.2, -0.15) is 13.2 Å². The minimum atomic E-state index is -4.42. The number of benzene rings is 1. The van der Waals surface area contributed by atoms with Gasteiger partial charge in [0.2, 0.25) is 5.91 Å². The first-order valence-corrected chi connectivity index (χ1v) is 7.92. The molecule has 0 fully saturated rings. The summed E-state index contributed by atoms with van der Waals surface area (Å²) < 4.78 is 37.4. The smallest absolute Gasteiger partial charge is 0.416 e. The number of carbonyl (C=O) groups excluding carboxylic acids is 1. The first kappa shape index (κ1) is 20.0. The van der Waals surface area contributed by atoms with Crippen molar-refractivity contribution in [3.63, 3.8) is 0 Å². The number of hydrogen-bond donors (Lipinski definition) is 2. The van der Waals surface area contributed by atoms with Crippen LogP contribution in [0.15, 0.2) is 24.3 Å². The molecule has 1 rings (SSSR count). The zero-order valence-electron chi connectivity index (χ0n) is 13.5. The van der Waals surface area contributed by atoms with E-state index in [4.69, 9.17) is 5.11 Å². The molecule has 0 aliphatic carbocycles. The van der Waals surface area contributed by atoms with Gasteiger partial charge >= 0.3 is 12.1 Å². The number of amides is 1. The zero-order chi connectivity index (χ0) is 18.2. The van der Waals surface area contributed by atoms with E-state index in [2.05, 4.69) is 5.32 Å². The Kier molecular flexibility index (Phi) is 7.74. The van der Waals surface area contributed by atoms with Gasteiger partial charge in [0, 0.05) is 0 Å². The molecule has 0 bridgehead atoms. The first-order valence-electron chi connectivity index (χ1n) is 7.92. The molecule has 0 spiro atoms. The standard InChI is InChI=1S/C17H22F3NO3/c1-2-3-4-5-6-14(16(23)24)21-15(22)11-12-7-9-13(10-8-12)17(18,19)20/h7-10,14H,2-6,11H2,1H3,(H,21,22)(H,23,24)/t14-/m0/s1. The Hall–Kier alpha value is -2.05. The molecule has 1 aromatic rings. The van der Waals surface area contributed by atoms with Crippen LogP contribution in [0.25, 0.3) is 0 Å². The van der Waals surface area contributed by atoms with Gasteiger partial charge in [-0.15, -0.1) is 0 Å². The number of unbranched alkanes of at least 4 members (excludes halogenated alkanes) is 3. The summed E-state index contributed by atoms with van der Waals surface area (Å²) in [7, 11) is 0. The Morgan fingerprint density at radius 1 is 1.12 bits per heavy atom. The average molecular weight is 345 g/mol. The van der Waals surface area contributed by atoms with Crippen molar-refractivity contribution in [1.29, 1.82) is 0 Å². The second-order valence-electron chi connectivity index (χ2n) is 5.68. The van der Waals surface area contributed by atoms with Gasteiger partial charge in [0.15, 0.2) is 0 Å².